The molecule has 24 heavy (non-hydrogen) atoms. The summed E-state index contributed by atoms with van der Waals surface area (Å²) in [6.45, 7) is 11.3. The van der Waals surface area contributed by atoms with Gasteiger partial charge in [0.2, 0.25) is 0 Å². The summed E-state index contributed by atoms with van der Waals surface area (Å²) in [5, 5.41) is 2.08. The van der Waals surface area contributed by atoms with E-state index in [4.69, 9.17) is 4.74 Å². The van der Waals surface area contributed by atoms with E-state index in [2.05, 4.69) is 25.1 Å². The number of hydrogen-bond acceptors (Lipinski definition) is 4. The number of nitrogens with one attached hydrogen (secondary N) is 1. The molecule has 1 N–H and O–H groups in total. The van der Waals surface area contributed by atoms with Gasteiger partial charge in [0.25, 0.3) is 11.8 Å². The molecule has 0 aromatic heterocycles. The summed E-state index contributed by atoms with van der Waals surface area (Å²) in [6, 6.07) is 3.75. The van der Waals surface area contributed by atoms with Gasteiger partial charge in [-0.15, -0.1) is 0 Å². The topological polar surface area (TPSA) is 72.5 Å². The van der Waals surface area contributed by atoms with Crippen LogP contribution in [0.25, 0.3) is 18.2 Å². The Morgan fingerprint density at radius 2 is 1.71 bits per heavy atom. The Labute approximate surface area is 140 Å². The second-order valence-corrected chi connectivity index (χ2v) is 5.12. The molecule has 1 heterocycles. The van der Waals surface area contributed by atoms with Crippen LogP contribution in [0.2, 0.25) is 0 Å². The summed E-state index contributed by atoms with van der Waals surface area (Å²) >= 11 is 0. The molecule has 0 saturated carbocycles. The minimum atomic E-state index is -0.594. The van der Waals surface area contributed by atoms with Crippen molar-refractivity contribution in [2.45, 2.75) is 13.0 Å². The van der Waals surface area contributed by atoms with Crippen molar-refractivity contribution in [1.82, 2.24) is 5.32 Å². The molecule has 0 aliphatic carbocycles. The lowest BCUT2D eigenvalue weighted by molar-refractivity contribution is -0.144. The van der Waals surface area contributed by atoms with Gasteiger partial charge in [0.15, 0.2) is 0 Å². The maximum atomic E-state index is 11.9. The van der Waals surface area contributed by atoms with Crippen molar-refractivity contribution in [3.8, 4) is 0 Å². The third-order valence-corrected chi connectivity index (χ3v) is 3.56. The molecule has 0 bridgehead atoms. The van der Waals surface area contributed by atoms with E-state index in [9.17, 15) is 14.4 Å². The van der Waals surface area contributed by atoms with E-state index in [1.54, 1.807) is 18.2 Å². The first-order valence-corrected chi connectivity index (χ1v) is 7.24. The van der Waals surface area contributed by atoms with Crippen molar-refractivity contribution in [2.24, 2.45) is 0 Å². The monoisotopic (exact) mass is 323 g/mol. The zero-order valence-electron chi connectivity index (χ0n) is 13.1. The second-order valence-electron chi connectivity index (χ2n) is 5.12. The molecule has 5 heteroatoms. The van der Waals surface area contributed by atoms with Crippen LogP contribution in [-0.4, -0.2) is 17.8 Å². The summed E-state index contributed by atoms with van der Waals surface area (Å²) in [5.41, 5.74) is 3.38. The predicted octanol–water partition coefficient (Wildman–Crippen LogP) is 2.63. The molecule has 0 unspecified atom stereocenters. The van der Waals surface area contributed by atoms with E-state index in [-0.39, 0.29) is 18.6 Å². The van der Waals surface area contributed by atoms with Gasteiger partial charge in [-0.3, -0.25) is 19.7 Å². The molecule has 0 radical (unpaired) electrons. The Morgan fingerprint density at radius 3 is 2.17 bits per heavy atom. The summed E-state index contributed by atoms with van der Waals surface area (Å²) in [6.07, 6.45) is 5.88. The number of ether oxygens (including phenoxy) is 1. The quantitative estimate of drug-likeness (QED) is 0.618. The first-order valence-electron chi connectivity index (χ1n) is 7.24. The van der Waals surface area contributed by atoms with Crippen molar-refractivity contribution in [2.75, 3.05) is 0 Å². The number of carbonyl (C=O) groups is 3. The van der Waals surface area contributed by atoms with Gasteiger partial charge < -0.3 is 4.74 Å². The van der Waals surface area contributed by atoms with E-state index in [1.165, 1.54) is 0 Å². The second kappa shape index (κ2) is 7.37. The SMILES string of the molecule is C=Cc1cc(C=C)c(COC(=O)CC2=CC(=O)NC2=O)c(C=C)c1. The van der Waals surface area contributed by atoms with Gasteiger partial charge in [0.05, 0.1) is 6.42 Å². The van der Waals surface area contributed by atoms with Gasteiger partial charge >= 0.3 is 5.97 Å². The van der Waals surface area contributed by atoms with Crippen molar-refractivity contribution >= 4 is 36.0 Å². The maximum Gasteiger partial charge on any atom is 0.310 e. The molecule has 5 nitrogen and oxygen atoms in total. The van der Waals surface area contributed by atoms with Crippen molar-refractivity contribution < 1.29 is 19.1 Å². The average molecular weight is 323 g/mol. The predicted molar refractivity (Wildman–Crippen MR) is 92.4 cm³/mol. The highest BCUT2D eigenvalue weighted by Gasteiger charge is 2.23. The van der Waals surface area contributed by atoms with Crippen LogP contribution in [0.15, 0.2) is 43.5 Å². The first-order chi connectivity index (χ1) is 11.5. The lowest BCUT2D eigenvalue weighted by Crippen LogP contribution is -2.23. The van der Waals surface area contributed by atoms with Gasteiger partial charge in [-0.25, -0.2) is 0 Å². The van der Waals surface area contributed by atoms with Crippen LogP contribution >= 0.6 is 0 Å². The van der Waals surface area contributed by atoms with Crippen LogP contribution in [0.3, 0.4) is 0 Å². The van der Waals surface area contributed by atoms with E-state index in [1.807, 2.05) is 12.1 Å². The lowest BCUT2D eigenvalue weighted by Gasteiger charge is -2.13. The molecular weight excluding hydrogens is 306 g/mol. The van der Waals surface area contributed by atoms with Gasteiger partial charge in [-0.2, -0.15) is 0 Å². The van der Waals surface area contributed by atoms with Gasteiger partial charge in [0.1, 0.15) is 6.61 Å². The van der Waals surface area contributed by atoms with Crippen LogP contribution in [0.4, 0.5) is 0 Å². The first kappa shape index (κ1) is 17.1. The molecule has 2 rings (SSSR count). The highest BCUT2D eigenvalue weighted by Crippen LogP contribution is 2.22. The Kier molecular flexibility index (Phi) is 5.27. The summed E-state index contributed by atoms with van der Waals surface area (Å²) in [4.78, 5) is 34.4. The summed E-state index contributed by atoms with van der Waals surface area (Å²) in [7, 11) is 0. The largest absolute Gasteiger partial charge is 0.461 e. The minimum absolute atomic E-state index is 0.0157. The van der Waals surface area contributed by atoms with Crippen molar-refractivity contribution in [3.63, 3.8) is 0 Å². The Balaban J connectivity index is 2.12. The number of amides is 2. The number of carbonyl (C=O) groups excluding carboxylic acids is 3. The van der Waals surface area contributed by atoms with Crippen LogP contribution in [0, 0.1) is 0 Å². The third-order valence-electron chi connectivity index (χ3n) is 3.56. The number of benzene rings is 1. The van der Waals surface area contributed by atoms with E-state index in [0.717, 1.165) is 28.3 Å². The lowest BCUT2D eigenvalue weighted by atomic mass is 9.98. The third kappa shape index (κ3) is 3.76. The Morgan fingerprint density at radius 1 is 1.08 bits per heavy atom. The molecular formula is C19H17NO4. The number of esters is 1. The zero-order chi connectivity index (χ0) is 17.7. The molecule has 0 atom stereocenters. The highest BCUT2D eigenvalue weighted by molar-refractivity contribution is 6.17. The van der Waals surface area contributed by atoms with Crippen molar-refractivity contribution in [1.29, 1.82) is 0 Å². The van der Waals surface area contributed by atoms with Gasteiger partial charge in [0, 0.05) is 17.2 Å². The number of hydrogen-bond donors (Lipinski definition) is 1. The minimum Gasteiger partial charge on any atom is -0.461 e. The zero-order valence-corrected chi connectivity index (χ0v) is 13.1. The molecule has 1 aromatic rings. The fourth-order valence-electron chi connectivity index (χ4n) is 2.33. The molecule has 1 aliphatic heterocycles. The fourth-order valence-corrected chi connectivity index (χ4v) is 2.33. The van der Waals surface area contributed by atoms with Crippen LogP contribution < -0.4 is 5.32 Å². The number of imide groups is 1. The van der Waals surface area contributed by atoms with Crippen LogP contribution in [0.1, 0.15) is 28.7 Å². The van der Waals surface area contributed by atoms with Gasteiger partial charge in [-0.05, 0) is 28.8 Å². The van der Waals surface area contributed by atoms with Crippen LogP contribution in [-0.2, 0) is 25.7 Å². The molecule has 2 amide bonds. The van der Waals surface area contributed by atoms with Crippen molar-refractivity contribution in [3.05, 3.63) is 65.8 Å². The fraction of sp³-hybridized carbons (Fsp3) is 0.105. The Bertz CT molecular complexity index is 758. The molecule has 122 valence electrons. The maximum absolute atomic E-state index is 11.9. The summed E-state index contributed by atoms with van der Waals surface area (Å²) in [5.74, 6) is -1.68. The van der Waals surface area contributed by atoms with E-state index < -0.39 is 17.8 Å². The summed E-state index contributed by atoms with van der Waals surface area (Å²) < 4.78 is 5.24. The molecule has 1 aromatic carbocycles. The smallest absolute Gasteiger partial charge is 0.310 e. The molecule has 1 aliphatic rings. The normalized spacial score (nSPS) is 13.1. The standard InChI is InChI=1S/C19H17NO4/c1-4-12-7-13(5-2)16(14(6-3)8-12)11-24-18(22)10-15-9-17(21)20-19(15)23/h4-9H,1-3,10-11H2,(H,20,21,23). The van der Waals surface area contributed by atoms with Crippen LogP contribution in [0.5, 0.6) is 0 Å². The Hall–Kier alpha value is -3.21. The molecule has 0 spiro atoms. The average Bonchev–Trinajstić information content (AvgIpc) is 2.89. The van der Waals surface area contributed by atoms with Gasteiger partial charge in [-0.1, -0.05) is 38.0 Å². The molecule has 0 fully saturated rings. The van der Waals surface area contributed by atoms with E-state index in [0.29, 0.717) is 0 Å². The molecule has 0 saturated heterocycles. The highest BCUT2D eigenvalue weighted by atomic mass is 16.5. The van der Waals surface area contributed by atoms with E-state index >= 15 is 0 Å². The number of rotatable bonds is 7.